The third-order valence-corrected chi connectivity index (χ3v) is 3.97. The minimum absolute atomic E-state index is 0. The van der Waals surface area contributed by atoms with Crippen molar-refractivity contribution in [2.24, 2.45) is 0 Å². The predicted octanol–water partition coefficient (Wildman–Crippen LogP) is 4.71. The Hall–Kier alpha value is -1.58. The molecule has 4 heteroatoms. The van der Waals surface area contributed by atoms with E-state index in [1.54, 1.807) is 12.1 Å². The van der Waals surface area contributed by atoms with Crippen LogP contribution >= 0.6 is 12.4 Å². The SMILES string of the molecule is CC(CCc1ccc(OCc2ccc(F)cc2)cc1)N(C)C.Cl. The maximum absolute atomic E-state index is 12.8. The Bertz CT molecular complexity index is 569. The maximum atomic E-state index is 12.8. The Morgan fingerprint density at radius 1 is 0.957 bits per heavy atom. The molecule has 2 rings (SSSR count). The van der Waals surface area contributed by atoms with Crippen molar-refractivity contribution in [3.63, 3.8) is 0 Å². The van der Waals surface area contributed by atoms with Crippen molar-refractivity contribution in [2.75, 3.05) is 14.1 Å². The molecule has 0 aliphatic carbocycles. The fraction of sp³-hybridized carbons (Fsp3) is 0.368. The molecule has 0 aliphatic heterocycles. The molecule has 2 aromatic rings. The number of halogens is 2. The summed E-state index contributed by atoms with van der Waals surface area (Å²) in [5.41, 5.74) is 2.29. The van der Waals surface area contributed by atoms with E-state index < -0.39 is 0 Å². The summed E-state index contributed by atoms with van der Waals surface area (Å²) in [5, 5.41) is 0. The molecule has 1 atom stereocenters. The van der Waals surface area contributed by atoms with Crippen LogP contribution in [0.3, 0.4) is 0 Å². The van der Waals surface area contributed by atoms with Gasteiger partial charge in [-0.05, 0) is 69.3 Å². The molecule has 126 valence electrons. The van der Waals surface area contributed by atoms with E-state index in [-0.39, 0.29) is 18.2 Å². The molecule has 0 radical (unpaired) electrons. The summed E-state index contributed by atoms with van der Waals surface area (Å²) in [5.74, 6) is 0.619. The highest BCUT2D eigenvalue weighted by Gasteiger charge is 2.05. The molecule has 0 saturated carbocycles. The van der Waals surface area contributed by atoms with Crippen LogP contribution in [0.2, 0.25) is 0 Å². The van der Waals surface area contributed by atoms with E-state index in [0.717, 1.165) is 24.2 Å². The molecule has 0 amide bonds. The number of benzene rings is 2. The first kappa shape index (κ1) is 19.5. The summed E-state index contributed by atoms with van der Waals surface area (Å²) >= 11 is 0. The largest absolute Gasteiger partial charge is 0.489 e. The van der Waals surface area contributed by atoms with Crippen LogP contribution in [-0.4, -0.2) is 25.0 Å². The van der Waals surface area contributed by atoms with E-state index in [4.69, 9.17) is 4.74 Å². The molecular formula is C19H25ClFNO. The monoisotopic (exact) mass is 337 g/mol. The van der Waals surface area contributed by atoms with Crippen molar-refractivity contribution in [1.82, 2.24) is 4.90 Å². The molecule has 2 nitrogen and oxygen atoms in total. The van der Waals surface area contributed by atoms with Crippen LogP contribution in [-0.2, 0) is 13.0 Å². The summed E-state index contributed by atoms with van der Waals surface area (Å²) < 4.78 is 18.5. The Morgan fingerprint density at radius 2 is 1.52 bits per heavy atom. The molecule has 0 bridgehead atoms. The van der Waals surface area contributed by atoms with Crippen LogP contribution < -0.4 is 4.74 Å². The molecule has 0 heterocycles. The van der Waals surface area contributed by atoms with Gasteiger partial charge in [0.15, 0.2) is 0 Å². The van der Waals surface area contributed by atoms with Crippen molar-refractivity contribution in [2.45, 2.75) is 32.4 Å². The zero-order chi connectivity index (χ0) is 15.9. The predicted molar refractivity (Wildman–Crippen MR) is 95.9 cm³/mol. The summed E-state index contributed by atoms with van der Waals surface area (Å²) in [6.07, 6.45) is 2.21. The number of hydrogen-bond donors (Lipinski definition) is 0. The number of rotatable bonds is 7. The highest BCUT2D eigenvalue weighted by atomic mass is 35.5. The molecule has 0 spiro atoms. The second-order valence-corrected chi connectivity index (χ2v) is 5.91. The second-order valence-electron chi connectivity index (χ2n) is 5.91. The van der Waals surface area contributed by atoms with E-state index >= 15 is 0 Å². The van der Waals surface area contributed by atoms with Gasteiger partial charge in [0.05, 0.1) is 0 Å². The van der Waals surface area contributed by atoms with Crippen molar-refractivity contribution < 1.29 is 9.13 Å². The zero-order valence-corrected chi connectivity index (χ0v) is 14.8. The summed E-state index contributed by atoms with van der Waals surface area (Å²) in [6, 6.07) is 15.2. The van der Waals surface area contributed by atoms with Crippen LogP contribution in [0.5, 0.6) is 5.75 Å². The van der Waals surface area contributed by atoms with Gasteiger partial charge in [0.25, 0.3) is 0 Å². The third kappa shape index (κ3) is 6.59. The highest BCUT2D eigenvalue weighted by Crippen LogP contribution is 2.16. The average molecular weight is 338 g/mol. The standard InChI is InChI=1S/C19H24FNO.ClH/c1-15(21(2)3)4-5-16-8-12-19(13-9-16)22-14-17-6-10-18(20)11-7-17;/h6-13,15H,4-5,14H2,1-3H3;1H. The van der Waals surface area contributed by atoms with E-state index in [1.165, 1.54) is 17.7 Å². The molecule has 0 N–H and O–H groups in total. The number of ether oxygens (including phenoxy) is 1. The fourth-order valence-corrected chi connectivity index (χ4v) is 2.13. The van der Waals surface area contributed by atoms with Gasteiger partial charge < -0.3 is 9.64 Å². The van der Waals surface area contributed by atoms with E-state index in [0.29, 0.717) is 12.6 Å². The van der Waals surface area contributed by atoms with E-state index in [2.05, 4.69) is 38.1 Å². The first-order valence-electron chi connectivity index (χ1n) is 7.67. The quantitative estimate of drug-likeness (QED) is 0.725. The summed E-state index contributed by atoms with van der Waals surface area (Å²) in [6.45, 7) is 2.69. The molecule has 0 aromatic heterocycles. The summed E-state index contributed by atoms with van der Waals surface area (Å²) in [4.78, 5) is 2.24. The number of hydrogen-bond acceptors (Lipinski definition) is 2. The van der Waals surface area contributed by atoms with Crippen molar-refractivity contribution >= 4 is 12.4 Å². The van der Waals surface area contributed by atoms with E-state index in [9.17, 15) is 4.39 Å². The van der Waals surface area contributed by atoms with Crippen LogP contribution in [0.25, 0.3) is 0 Å². The normalized spacial score (nSPS) is 11.9. The van der Waals surface area contributed by atoms with Crippen LogP contribution in [0, 0.1) is 5.82 Å². The fourth-order valence-electron chi connectivity index (χ4n) is 2.13. The molecule has 23 heavy (non-hydrogen) atoms. The second kappa shape index (κ2) is 9.53. The smallest absolute Gasteiger partial charge is 0.123 e. The lowest BCUT2D eigenvalue weighted by Gasteiger charge is -2.19. The van der Waals surface area contributed by atoms with Crippen molar-refractivity contribution in [3.8, 4) is 5.75 Å². The first-order valence-corrected chi connectivity index (χ1v) is 7.67. The Labute approximate surface area is 144 Å². The van der Waals surface area contributed by atoms with Gasteiger partial charge in [0.2, 0.25) is 0 Å². The lowest BCUT2D eigenvalue weighted by molar-refractivity contribution is 0.298. The zero-order valence-electron chi connectivity index (χ0n) is 14.0. The van der Waals surface area contributed by atoms with Gasteiger partial charge in [-0.3, -0.25) is 0 Å². The van der Waals surface area contributed by atoms with Gasteiger partial charge >= 0.3 is 0 Å². The molecule has 0 saturated heterocycles. The van der Waals surface area contributed by atoms with Crippen LogP contribution in [0.15, 0.2) is 48.5 Å². The maximum Gasteiger partial charge on any atom is 0.123 e. The van der Waals surface area contributed by atoms with E-state index in [1.807, 2.05) is 12.1 Å². The topological polar surface area (TPSA) is 12.5 Å². The van der Waals surface area contributed by atoms with Crippen LogP contribution in [0.4, 0.5) is 4.39 Å². The highest BCUT2D eigenvalue weighted by molar-refractivity contribution is 5.85. The minimum Gasteiger partial charge on any atom is -0.489 e. The average Bonchev–Trinajstić information content (AvgIpc) is 2.53. The lowest BCUT2D eigenvalue weighted by atomic mass is 10.1. The van der Waals surface area contributed by atoms with Gasteiger partial charge in [0.1, 0.15) is 18.2 Å². The Balaban J connectivity index is 0.00000264. The molecule has 2 aromatic carbocycles. The van der Waals surface area contributed by atoms with Gasteiger partial charge in [-0.1, -0.05) is 24.3 Å². The molecular weight excluding hydrogens is 313 g/mol. The summed E-state index contributed by atoms with van der Waals surface area (Å²) in [7, 11) is 4.22. The first-order chi connectivity index (χ1) is 10.5. The molecule has 1 unspecified atom stereocenters. The van der Waals surface area contributed by atoms with Crippen LogP contribution in [0.1, 0.15) is 24.5 Å². The Kier molecular flexibility index (Phi) is 8.07. The number of aryl methyl sites for hydroxylation is 1. The van der Waals surface area contributed by atoms with Gasteiger partial charge in [-0.25, -0.2) is 4.39 Å². The number of nitrogens with zero attached hydrogens (tertiary/aromatic N) is 1. The van der Waals surface area contributed by atoms with Gasteiger partial charge in [-0.2, -0.15) is 0 Å². The Morgan fingerprint density at radius 3 is 2.09 bits per heavy atom. The lowest BCUT2D eigenvalue weighted by Crippen LogP contribution is -2.24. The van der Waals surface area contributed by atoms with Gasteiger partial charge in [0, 0.05) is 6.04 Å². The van der Waals surface area contributed by atoms with Crippen molar-refractivity contribution in [3.05, 3.63) is 65.5 Å². The third-order valence-electron chi connectivity index (χ3n) is 3.97. The molecule has 0 aliphatic rings. The van der Waals surface area contributed by atoms with Crippen molar-refractivity contribution in [1.29, 1.82) is 0 Å². The van der Waals surface area contributed by atoms with Gasteiger partial charge in [-0.15, -0.1) is 12.4 Å². The minimum atomic E-state index is -0.222. The molecule has 0 fully saturated rings.